The minimum atomic E-state index is -3.82. The number of urea groups is 1. The molecule has 11 heteroatoms. The fourth-order valence-corrected chi connectivity index (χ4v) is 4.83. The average molecular weight is 433 g/mol. The predicted molar refractivity (Wildman–Crippen MR) is 105 cm³/mol. The van der Waals surface area contributed by atoms with Crippen LogP contribution in [0.1, 0.15) is 32.3 Å². The second-order valence-electron chi connectivity index (χ2n) is 7.01. The Morgan fingerprint density at radius 3 is 2.57 bits per heavy atom. The van der Waals surface area contributed by atoms with E-state index >= 15 is 0 Å². The smallest absolute Gasteiger partial charge is 0.322 e. The molecule has 2 aliphatic heterocycles. The minimum absolute atomic E-state index is 0. The fraction of sp³-hybridized carbons (Fsp3) is 0.529. The maximum Gasteiger partial charge on any atom is 0.322 e. The maximum atomic E-state index is 12.9. The molecular formula is C17H25ClN4O5S. The largest absolute Gasteiger partial charge is 0.496 e. The molecule has 1 aromatic rings. The first kappa shape index (κ1) is 22.4. The number of piperidine rings is 1. The van der Waals surface area contributed by atoms with Crippen LogP contribution in [-0.2, 0) is 20.4 Å². The Balaban J connectivity index is 0.00000280. The van der Waals surface area contributed by atoms with Crippen molar-refractivity contribution in [1.29, 1.82) is 0 Å². The quantitative estimate of drug-likeness (QED) is 0.504. The molecule has 0 bridgehead atoms. The van der Waals surface area contributed by atoms with E-state index in [1.807, 2.05) is 6.92 Å². The lowest BCUT2D eigenvalue weighted by Crippen LogP contribution is -2.51. The lowest BCUT2D eigenvalue weighted by atomic mass is 9.91. The lowest BCUT2D eigenvalue weighted by Gasteiger charge is -2.30. The van der Waals surface area contributed by atoms with Crippen LogP contribution < -0.4 is 25.4 Å². The van der Waals surface area contributed by atoms with E-state index in [0.29, 0.717) is 5.75 Å². The van der Waals surface area contributed by atoms with Crippen LogP contribution in [0.15, 0.2) is 23.1 Å². The number of ether oxygens (including phenoxy) is 1. The van der Waals surface area contributed by atoms with Gasteiger partial charge < -0.3 is 15.4 Å². The number of methoxy groups -OCH3 is 1. The predicted octanol–water partition coefficient (Wildman–Crippen LogP) is 0.590. The molecule has 156 valence electrons. The third-order valence-corrected chi connectivity index (χ3v) is 6.62. The standard InChI is InChI=1S/C17H24N4O5S.ClH/c1-10-13(5-4-8-18-10)21-27(24,25)11-6-7-14(26-3)12(9-11)17(2)15(22)19-16(23)20-17;/h6-7,9-10,13,18,21H,4-5,8H2,1-3H3,(H2,19,20,22,23);1H. The topological polar surface area (TPSA) is 126 Å². The number of hydrogen-bond acceptors (Lipinski definition) is 6. The van der Waals surface area contributed by atoms with E-state index in [0.717, 1.165) is 19.4 Å². The number of nitrogens with one attached hydrogen (secondary N) is 4. The zero-order chi connectivity index (χ0) is 19.8. The van der Waals surface area contributed by atoms with Crippen molar-refractivity contribution in [3.63, 3.8) is 0 Å². The summed E-state index contributed by atoms with van der Waals surface area (Å²) in [4.78, 5) is 23.9. The first-order valence-corrected chi connectivity index (χ1v) is 10.2. The molecule has 0 aromatic heterocycles. The Kier molecular flexibility index (Phi) is 6.59. The van der Waals surface area contributed by atoms with E-state index in [1.165, 1.54) is 32.2 Å². The van der Waals surface area contributed by atoms with E-state index in [-0.39, 0.29) is 34.9 Å². The first-order chi connectivity index (χ1) is 12.7. The van der Waals surface area contributed by atoms with Gasteiger partial charge in [-0.25, -0.2) is 17.9 Å². The van der Waals surface area contributed by atoms with Crippen LogP contribution in [-0.4, -0.2) is 46.1 Å². The number of hydrogen-bond donors (Lipinski definition) is 4. The Labute approximate surface area is 170 Å². The van der Waals surface area contributed by atoms with Crippen molar-refractivity contribution in [2.75, 3.05) is 13.7 Å². The highest BCUT2D eigenvalue weighted by Crippen LogP contribution is 2.34. The van der Waals surface area contributed by atoms with Crippen molar-refractivity contribution in [3.8, 4) is 5.75 Å². The van der Waals surface area contributed by atoms with Gasteiger partial charge in [-0.3, -0.25) is 10.1 Å². The van der Waals surface area contributed by atoms with Crippen LogP contribution in [0, 0.1) is 0 Å². The van der Waals surface area contributed by atoms with E-state index in [4.69, 9.17) is 4.74 Å². The summed E-state index contributed by atoms with van der Waals surface area (Å²) >= 11 is 0. The Morgan fingerprint density at radius 2 is 2.00 bits per heavy atom. The van der Waals surface area contributed by atoms with Gasteiger partial charge in [0.1, 0.15) is 11.3 Å². The van der Waals surface area contributed by atoms with Gasteiger partial charge in [0, 0.05) is 17.6 Å². The SMILES string of the molecule is COc1ccc(S(=O)(=O)NC2CCCNC2C)cc1C1(C)NC(=O)NC1=O.Cl. The summed E-state index contributed by atoms with van der Waals surface area (Å²) in [6, 6.07) is 3.42. The Morgan fingerprint density at radius 1 is 1.29 bits per heavy atom. The summed E-state index contributed by atoms with van der Waals surface area (Å²) in [5.41, 5.74) is -1.15. The summed E-state index contributed by atoms with van der Waals surface area (Å²) in [7, 11) is -2.40. The van der Waals surface area contributed by atoms with Crippen molar-refractivity contribution < 1.29 is 22.7 Å². The highest BCUT2D eigenvalue weighted by atomic mass is 35.5. The van der Waals surface area contributed by atoms with Crippen molar-refractivity contribution in [2.45, 2.75) is 49.2 Å². The van der Waals surface area contributed by atoms with Crippen molar-refractivity contribution in [2.24, 2.45) is 0 Å². The normalized spacial score (nSPS) is 27.5. The number of benzene rings is 1. The van der Waals surface area contributed by atoms with Gasteiger partial charge in [-0.05, 0) is 51.4 Å². The van der Waals surface area contributed by atoms with Crippen molar-refractivity contribution in [3.05, 3.63) is 23.8 Å². The number of halogens is 1. The van der Waals surface area contributed by atoms with E-state index in [2.05, 4.69) is 20.7 Å². The zero-order valence-corrected chi connectivity index (χ0v) is 17.5. The summed E-state index contributed by atoms with van der Waals surface area (Å²) < 4.78 is 33.8. The van der Waals surface area contributed by atoms with Gasteiger partial charge in [0.25, 0.3) is 5.91 Å². The molecule has 3 rings (SSSR count). The number of imide groups is 1. The molecule has 4 N–H and O–H groups in total. The summed E-state index contributed by atoms with van der Waals surface area (Å²) in [5, 5.41) is 7.95. The molecule has 2 aliphatic rings. The average Bonchev–Trinajstić information content (AvgIpc) is 2.89. The highest BCUT2D eigenvalue weighted by Gasteiger charge is 2.45. The molecule has 0 spiro atoms. The molecule has 2 heterocycles. The van der Waals surface area contributed by atoms with E-state index in [1.54, 1.807) is 0 Å². The molecule has 0 saturated carbocycles. The van der Waals surface area contributed by atoms with Gasteiger partial charge in [-0.2, -0.15) is 0 Å². The molecule has 2 fully saturated rings. The molecule has 28 heavy (non-hydrogen) atoms. The van der Waals surface area contributed by atoms with E-state index < -0.39 is 27.5 Å². The third-order valence-electron chi connectivity index (χ3n) is 5.13. The van der Waals surface area contributed by atoms with Crippen LogP contribution >= 0.6 is 12.4 Å². The molecule has 3 amide bonds. The van der Waals surface area contributed by atoms with Crippen LogP contribution in [0.3, 0.4) is 0 Å². The van der Waals surface area contributed by atoms with Crippen LogP contribution in [0.2, 0.25) is 0 Å². The zero-order valence-electron chi connectivity index (χ0n) is 15.9. The molecule has 3 atom stereocenters. The van der Waals surface area contributed by atoms with Crippen molar-refractivity contribution in [1.82, 2.24) is 20.7 Å². The number of amides is 3. The monoisotopic (exact) mass is 432 g/mol. The van der Waals surface area contributed by atoms with Gasteiger partial charge in [-0.15, -0.1) is 12.4 Å². The summed E-state index contributed by atoms with van der Waals surface area (Å²) in [5.74, 6) is -0.264. The maximum absolute atomic E-state index is 12.9. The van der Waals surface area contributed by atoms with Gasteiger partial charge in [0.15, 0.2) is 0 Å². The second kappa shape index (κ2) is 8.24. The third kappa shape index (κ3) is 4.09. The number of carbonyl (C=O) groups excluding carboxylic acids is 2. The molecule has 0 aliphatic carbocycles. The number of sulfonamides is 1. The number of rotatable bonds is 5. The molecule has 9 nitrogen and oxygen atoms in total. The van der Waals surface area contributed by atoms with E-state index in [9.17, 15) is 18.0 Å². The van der Waals surface area contributed by atoms with Crippen LogP contribution in [0.5, 0.6) is 5.75 Å². The fourth-order valence-electron chi connectivity index (χ4n) is 3.45. The van der Waals surface area contributed by atoms with Gasteiger partial charge in [0.05, 0.1) is 12.0 Å². The van der Waals surface area contributed by atoms with Crippen LogP contribution in [0.4, 0.5) is 4.79 Å². The Hall–Kier alpha value is -1.88. The van der Waals surface area contributed by atoms with Gasteiger partial charge in [0.2, 0.25) is 10.0 Å². The molecule has 0 radical (unpaired) electrons. The molecule has 3 unspecified atom stereocenters. The molecular weight excluding hydrogens is 408 g/mol. The van der Waals surface area contributed by atoms with Crippen LogP contribution in [0.25, 0.3) is 0 Å². The Bertz CT molecular complexity index is 878. The second-order valence-corrected chi connectivity index (χ2v) is 8.72. The number of carbonyl (C=O) groups is 2. The minimum Gasteiger partial charge on any atom is -0.496 e. The molecule has 1 aromatic carbocycles. The highest BCUT2D eigenvalue weighted by molar-refractivity contribution is 7.89. The summed E-state index contributed by atoms with van der Waals surface area (Å²) in [6.45, 7) is 4.30. The van der Waals surface area contributed by atoms with Gasteiger partial charge >= 0.3 is 6.03 Å². The van der Waals surface area contributed by atoms with Crippen molar-refractivity contribution >= 4 is 34.4 Å². The van der Waals surface area contributed by atoms with Gasteiger partial charge in [-0.1, -0.05) is 0 Å². The molecule has 2 saturated heterocycles. The first-order valence-electron chi connectivity index (χ1n) is 8.75. The lowest BCUT2D eigenvalue weighted by molar-refractivity contribution is -0.123. The summed E-state index contributed by atoms with van der Waals surface area (Å²) in [6.07, 6.45) is 1.63.